The Balaban J connectivity index is 2.30. The third-order valence-electron chi connectivity index (χ3n) is 3.04. The summed E-state index contributed by atoms with van der Waals surface area (Å²) < 4.78 is 4.95. The summed E-state index contributed by atoms with van der Waals surface area (Å²) in [5, 5.41) is 3.18. The molecule has 0 aromatic rings. The Hall–Kier alpha value is -0.610. The highest BCUT2D eigenvalue weighted by Crippen LogP contribution is 2.10. The number of carbonyl (C=O) groups is 1. The normalized spacial score (nSPS) is 19.2. The number of carbonyl (C=O) groups excluding carboxylic acids is 1. The van der Waals surface area contributed by atoms with Crippen molar-refractivity contribution in [1.82, 2.24) is 10.2 Å². The first-order chi connectivity index (χ1) is 7.75. The fraction of sp³-hybridized carbons (Fsp3) is 0.917. The van der Waals surface area contributed by atoms with E-state index in [-0.39, 0.29) is 11.9 Å². The molecule has 0 radical (unpaired) electrons. The Labute approximate surface area is 98.3 Å². The van der Waals surface area contributed by atoms with Crippen molar-refractivity contribution in [1.29, 1.82) is 0 Å². The van der Waals surface area contributed by atoms with Gasteiger partial charge in [-0.05, 0) is 19.8 Å². The summed E-state index contributed by atoms with van der Waals surface area (Å²) in [4.78, 5) is 14.1. The van der Waals surface area contributed by atoms with Crippen LogP contribution in [0, 0.1) is 0 Å². The van der Waals surface area contributed by atoms with E-state index >= 15 is 0 Å². The second-order valence-electron chi connectivity index (χ2n) is 4.41. The molecule has 0 aromatic carbocycles. The van der Waals surface area contributed by atoms with Gasteiger partial charge in [-0.3, -0.25) is 4.79 Å². The number of nitrogens with zero attached hydrogens (tertiary/aromatic N) is 1. The fourth-order valence-corrected chi connectivity index (χ4v) is 2.03. The second kappa shape index (κ2) is 7.63. The summed E-state index contributed by atoms with van der Waals surface area (Å²) >= 11 is 0. The maximum Gasteiger partial charge on any atom is 0.239 e. The van der Waals surface area contributed by atoms with Crippen LogP contribution in [0.3, 0.4) is 0 Å². The Morgan fingerprint density at radius 1 is 1.31 bits per heavy atom. The van der Waals surface area contributed by atoms with Gasteiger partial charge in [0.2, 0.25) is 5.91 Å². The van der Waals surface area contributed by atoms with Gasteiger partial charge in [0.05, 0.1) is 12.6 Å². The maximum absolute atomic E-state index is 12.1. The van der Waals surface area contributed by atoms with E-state index in [9.17, 15) is 4.79 Å². The molecule has 1 aliphatic rings. The van der Waals surface area contributed by atoms with Crippen LogP contribution in [-0.4, -0.2) is 50.2 Å². The zero-order chi connectivity index (χ0) is 11.8. The molecule has 0 saturated carbocycles. The molecule has 1 N–H and O–H groups in total. The highest BCUT2D eigenvalue weighted by atomic mass is 16.5. The van der Waals surface area contributed by atoms with E-state index in [1.54, 1.807) is 7.11 Å². The summed E-state index contributed by atoms with van der Waals surface area (Å²) in [7, 11) is 1.67. The molecule has 1 aliphatic heterocycles. The summed E-state index contributed by atoms with van der Waals surface area (Å²) in [6.07, 6.45) is 4.82. The number of hydrogen-bond donors (Lipinski definition) is 1. The average Bonchev–Trinajstić information content (AvgIpc) is 2.56. The molecule has 94 valence electrons. The molecule has 1 rings (SSSR count). The predicted octanol–water partition coefficient (Wildman–Crippen LogP) is 1.01. The Bertz CT molecular complexity index is 201. The Morgan fingerprint density at radius 3 is 2.50 bits per heavy atom. The van der Waals surface area contributed by atoms with Crippen LogP contribution in [-0.2, 0) is 9.53 Å². The maximum atomic E-state index is 12.1. The standard InChI is InChI=1S/C12H24N2O2/c1-11(13-7-10-16-2)12(15)14-8-5-3-4-6-9-14/h11,13H,3-10H2,1-2H3. The van der Waals surface area contributed by atoms with E-state index in [2.05, 4.69) is 5.32 Å². The topological polar surface area (TPSA) is 41.6 Å². The van der Waals surface area contributed by atoms with Crippen molar-refractivity contribution < 1.29 is 9.53 Å². The van der Waals surface area contributed by atoms with Gasteiger partial charge in [-0.25, -0.2) is 0 Å². The average molecular weight is 228 g/mol. The predicted molar refractivity (Wildman–Crippen MR) is 64.4 cm³/mol. The minimum atomic E-state index is -0.0896. The molecule has 4 nitrogen and oxygen atoms in total. The van der Waals surface area contributed by atoms with Gasteiger partial charge in [-0.1, -0.05) is 12.8 Å². The van der Waals surface area contributed by atoms with Crippen molar-refractivity contribution >= 4 is 5.91 Å². The van der Waals surface area contributed by atoms with Crippen LogP contribution >= 0.6 is 0 Å². The molecule has 1 amide bonds. The van der Waals surface area contributed by atoms with Crippen LogP contribution in [0.2, 0.25) is 0 Å². The quantitative estimate of drug-likeness (QED) is 0.714. The molecule has 0 spiro atoms. The molecule has 0 aliphatic carbocycles. The van der Waals surface area contributed by atoms with Crippen LogP contribution in [0.4, 0.5) is 0 Å². The molecule has 1 saturated heterocycles. The summed E-state index contributed by atoms with van der Waals surface area (Å²) in [5.41, 5.74) is 0. The molecule has 1 atom stereocenters. The van der Waals surface area contributed by atoms with Gasteiger partial charge in [-0.2, -0.15) is 0 Å². The molecule has 16 heavy (non-hydrogen) atoms. The van der Waals surface area contributed by atoms with Gasteiger partial charge in [-0.15, -0.1) is 0 Å². The monoisotopic (exact) mass is 228 g/mol. The van der Waals surface area contributed by atoms with Crippen molar-refractivity contribution in [3.8, 4) is 0 Å². The van der Waals surface area contributed by atoms with Crippen LogP contribution < -0.4 is 5.32 Å². The Kier molecular flexibility index (Phi) is 6.42. The lowest BCUT2D eigenvalue weighted by atomic mass is 10.2. The summed E-state index contributed by atoms with van der Waals surface area (Å²) in [5.74, 6) is 0.234. The summed E-state index contributed by atoms with van der Waals surface area (Å²) in [6, 6.07) is -0.0896. The third kappa shape index (κ3) is 4.49. The molecular weight excluding hydrogens is 204 g/mol. The molecule has 0 bridgehead atoms. The van der Waals surface area contributed by atoms with E-state index < -0.39 is 0 Å². The number of ether oxygens (including phenoxy) is 1. The SMILES string of the molecule is COCCNC(C)C(=O)N1CCCCCC1. The first kappa shape index (κ1) is 13.5. The number of likely N-dealkylation sites (tertiary alicyclic amines) is 1. The third-order valence-corrected chi connectivity index (χ3v) is 3.04. The number of hydrogen-bond acceptors (Lipinski definition) is 3. The highest BCUT2D eigenvalue weighted by molar-refractivity contribution is 5.81. The number of rotatable bonds is 5. The van der Waals surface area contributed by atoms with E-state index in [4.69, 9.17) is 4.74 Å². The number of methoxy groups -OCH3 is 1. The molecule has 0 aromatic heterocycles. The van der Waals surface area contributed by atoms with E-state index in [0.717, 1.165) is 32.5 Å². The molecule has 1 unspecified atom stereocenters. The molecular formula is C12H24N2O2. The van der Waals surface area contributed by atoms with Gasteiger partial charge in [0.1, 0.15) is 0 Å². The minimum absolute atomic E-state index is 0.0896. The van der Waals surface area contributed by atoms with E-state index in [0.29, 0.717) is 6.61 Å². The molecule has 1 fully saturated rings. The van der Waals surface area contributed by atoms with Crippen molar-refractivity contribution in [2.45, 2.75) is 38.6 Å². The first-order valence-electron chi connectivity index (χ1n) is 6.27. The second-order valence-corrected chi connectivity index (χ2v) is 4.41. The van der Waals surface area contributed by atoms with Gasteiger partial charge in [0, 0.05) is 26.7 Å². The van der Waals surface area contributed by atoms with E-state index in [1.165, 1.54) is 12.8 Å². The van der Waals surface area contributed by atoms with Crippen molar-refractivity contribution in [3.05, 3.63) is 0 Å². The van der Waals surface area contributed by atoms with Crippen molar-refractivity contribution in [3.63, 3.8) is 0 Å². The minimum Gasteiger partial charge on any atom is -0.383 e. The molecule has 1 heterocycles. The highest BCUT2D eigenvalue weighted by Gasteiger charge is 2.20. The van der Waals surface area contributed by atoms with Crippen LogP contribution in [0.1, 0.15) is 32.6 Å². The van der Waals surface area contributed by atoms with Crippen LogP contribution in [0.25, 0.3) is 0 Å². The lowest BCUT2D eigenvalue weighted by molar-refractivity contribution is -0.133. The smallest absolute Gasteiger partial charge is 0.239 e. The largest absolute Gasteiger partial charge is 0.383 e. The van der Waals surface area contributed by atoms with Crippen LogP contribution in [0.5, 0.6) is 0 Å². The van der Waals surface area contributed by atoms with Gasteiger partial charge >= 0.3 is 0 Å². The zero-order valence-corrected chi connectivity index (χ0v) is 10.5. The van der Waals surface area contributed by atoms with Crippen molar-refractivity contribution in [2.75, 3.05) is 33.4 Å². The van der Waals surface area contributed by atoms with E-state index in [1.807, 2.05) is 11.8 Å². The lowest BCUT2D eigenvalue weighted by Crippen LogP contribution is -2.46. The number of amides is 1. The van der Waals surface area contributed by atoms with Crippen LogP contribution in [0.15, 0.2) is 0 Å². The number of nitrogens with one attached hydrogen (secondary N) is 1. The van der Waals surface area contributed by atoms with Gasteiger partial charge in [0.15, 0.2) is 0 Å². The Morgan fingerprint density at radius 2 is 1.94 bits per heavy atom. The fourth-order valence-electron chi connectivity index (χ4n) is 2.03. The first-order valence-corrected chi connectivity index (χ1v) is 6.27. The van der Waals surface area contributed by atoms with Crippen molar-refractivity contribution in [2.24, 2.45) is 0 Å². The zero-order valence-electron chi connectivity index (χ0n) is 10.5. The lowest BCUT2D eigenvalue weighted by Gasteiger charge is -2.24. The van der Waals surface area contributed by atoms with Gasteiger partial charge in [0.25, 0.3) is 0 Å². The van der Waals surface area contributed by atoms with Gasteiger partial charge < -0.3 is 15.0 Å². The summed E-state index contributed by atoms with van der Waals surface area (Å²) in [6.45, 7) is 5.17. The molecule has 4 heteroatoms.